The van der Waals surface area contributed by atoms with E-state index < -0.39 is 0 Å². The Morgan fingerprint density at radius 2 is 2.00 bits per heavy atom. The zero-order valence-corrected chi connectivity index (χ0v) is 16.7. The molecule has 0 spiro atoms. The number of hydrogen-bond donors (Lipinski definition) is 1. The van der Waals surface area contributed by atoms with Gasteiger partial charge in [0.15, 0.2) is 5.84 Å². The summed E-state index contributed by atoms with van der Waals surface area (Å²) in [6.45, 7) is 1.16. The van der Waals surface area contributed by atoms with E-state index in [1.807, 2.05) is 41.5 Å². The minimum absolute atomic E-state index is 0.126. The lowest BCUT2D eigenvalue weighted by Gasteiger charge is -2.32. The molecule has 0 radical (unpaired) electrons. The quantitative estimate of drug-likeness (QED) is 0.205. The molecule has 148 valence electrons. The minimum atomic E-state index is -0.193. The molecule has 1 aliphatic rings. The highest BCUT2D eigenvalue weighted by atomic mass is 32.2. The molecule has 8 heteroatoms. The molecular weight excluding hydrogens is 378 g/mol. The molecular formula is C20H23N3O4S. The molecule has 1 N–H and O–H groups in total. The van der Waals surface area contributed by atoms with Crippen LogP contribution in [0.5, 0.6) is 11.6 Å². The number of carbonyl (C=O) groups is 1. The Morgan fingerprint density at radius 3 is 2.68 bits per heavy atom. The lowest BCUT2D eigenvalue weighted by molar-refractivity contribution is -0.146. The van der Waals surface area contributed by atoms with Crippen LogP contribution in [0.4, 0.5) is 0 Å². The Hall–Kier alpha value is -2.74. The number of esters is 1. The van der Waals surface area contributed by atoms with E-state index in [0.717, 1.165) is 4.90 Å². The van der Waals surface area contributed by atoms with Gasteiger partial charge in [0.25, 0.3) is 0 Å². The van der Waals surface area contributed by atoms with Crippen molar-refractivity contribution in [3.8, 4) is 11.6 Å². The van der Waals surface area contributed by atoms with Crippen molar-refractivity contribution >= 4 is 23.6 Å². The first-order valence-electron chi connectivity index (χ1n) is 8.99. The van der Waals surface area contributed by atoms with Crippen molar-refractivity contribution in [2.75, 3.05) is 26.5 Å². The highest BCUT2D eigenvalue weighted by Gasteiger charge is 2.29. The molecule has 0 bridgehead atoms. The Morgan fingerprint density at radius 1 is 1.25 bits per heavy atom. The van der Waals surface area contributed by atoms with Crippen molar-refractivity contribution < 1.29 is 19.5 Å². The van der Waals surface area contributed by atoms with E-state index in [2.05, 4.69) is 10.1 Å². The molecule has 0 saturated carbocycles. The number of aromatic nitrogens is 1. The molecule has 1 aliphatic heterocycles. The smallest absolute Gasteiger partial charge is 0.308 e. The first-order valence-corrected chi connectivity index (χ1v) is 10.2. The Kier molecular flexibility index (Phi) is 6.76. The molecule has 3 rings (SSSR count). The second-order valence-electron chi connectivity index (χ2n) is 6.32. The zero-order valence-electron chi connectivity index (χ0n) is 15.9. The Bertz CT molecular complexity index is 851. The van der Waals surface area contributed by atoms with Crippen LogP contribution in [0, 0.1) is 5.92 Å². The summed E-state index contributed by atoms with van der Waals surface area (Å²) in [6.07, 6.45) is 4.89. The van der Waals surface area contributed by atoms with Crippen molar-refractivity contribution in [2.24, 2.45) is 11.1 Å². The fourth-order valence-electron chi connectivity index (χ4n) is 3.23. The number of methoxy groups -OCH3 is 1. The summed E-state index contributed by atoms with van der Waals surface area (Å²) in [6, 6.07) is 11.3. The van der Waals surface area contributed by atoms with E-state index in [-0.39, 0.29) is 11.9 Å². The van der Waals surface area contributed by atoms with Gasteiger partial charge >= 0.3 is 5.97 Å². The largest absolute Gasteiger partial charge is 0.469 e. The molecule has 0 amide bonds. The van der Waals surface area contributed by atoms with Crippen LogP contribution in [0.15, 0.2) is 52.6 Å². The van der Waals surface area contributed by atoms with Crippen LogP contribution in [0.3, 0.4) is 0 Å². The lowest BCUT2D eigenvalue weighted by Crippen LogP contribution is -2.41. The monoisotopic (exact) mass is 401 g/mol. The van der Waals surface area contributed by atoms with Gasteiger partial charge < -0.3 is 19.6 Å². The SMILES string of the molecule is COC(=O)C1CCN(/C(=N\O)c2cccnc2Oc2ccccc2SC)CC1. The number of likely N-dealkylation sites (tertiary alicyclic amines) is 1. The summed E-state index contributed by atoms with van der Waals surface area (Å²) in [4.78, 5) is 19.0. The third-order valence-electron chi connectivity index (χ3n) is 4.71. The van der Waals surface area contributed by atoms with Crippen LogP contribution in [-0.2, 0) is 9.53 Å². The number of para-hydroxylation sites is 1. The lowest BCUT2D eigenvalue weighted by atomic mass is 9.96. The number of rotatable bonds is 5. The van der Waals surface area contributed by atoms with E-state index in [9.17, 15) is 10.0 Å². The summed E-state index contributed by atoms with van der Waals surface area (Å²) >= 11 is 1.58. The Balaban J connectivity index is 1.82. The number of oxime groups is 1. The maximum Gasteiger partial charge on any atom is 0.308 e. The van der Waals surface area contributed by atoms with Crippen molar-refractivity contribution in [3.63, 3.8) is 0 Å². The third kappa shape index (κ3) is 4.39. The highest BCUT2D eigenvalue weighted by molar-refractivity contribution is 7.98. The summed E-state index contributed by atoms with van der Waals surface area (Å²) in [5, 5.41) is 13.2. The molecule has 2 heterocycles. The normalized spacial score (nSPS) is 15.4. The van der Waals surface area contributed by atoms with Gasteiger partial charge in [0.05, 0.1) is 18.6 Å². The van der Waals surface area contributed by atoms with Gasteiger partial charge in [-0.2, -0.15) is 0 Å². The van der Waals surface area contributed by atoms with E-state index in [1.165, 1.54) is 7.11 Å². The number of pyridine rings is 1. The maximum atomic E-state index is 11.7. The number of amidine groups is 1. The molecule has 1 saturated heterocycles. The van der Waals surface area contributed by atoms with Gasteiger partial charge in [-0.05, 0) is 43.4 Å². The van der Waals surface area contributed by atoms with Crippen molar-refractivity contribution in [1.82, 2.24) is 9.88 Å². The molecule has 7 nitrogen and oxygen atoms in total. The summed E-state index contributed by atoms with van der Waals surface area (Å²) in [5.74, 6) is 1.12. The van der Waals surface area contributed by atoms with Crippen LogP contribution in [0.1, 0.15) is 18.4 Å². The molecule has 28 heavy (non-hydrogen) atoms. The molecule has 2 aromatic rings. The van der Waals surface area contributed by atoms with Crippen LogP contribution in [0.25, 0.3) is 0 Å². The zero-order chi connectivity index (χ0) is 19.9. The van der Waals surface area contributed by atoms with Gasteiger partial charge in [-0.1, -0.05) is 17.3 Å². The first-order chi connectivity index (χ1) is 13.7. The van der Waals surface area contributed by atoms with Crippen LogP contribution >= 0.6 is 11.8 Å². The summed E-state index contributed by atoms with van der Waals surface area (Å²) < 4.78 is 10.9. The topological polar surface area (TPSA) is 84.2 Å². The predicted octanol–water partition coefficient (Wildman–Crippen LogP) is 3.62. The predicted molar refractivity (Wildman–Crippen MR) is 107 cm³/mol. The molecule has 1 fully saturated rings. The second kappa shape index (κ2) is 9.45. The Labute approximate surface area is 168 Å². The number of hydrogen-bond acceptors (Lipinski definition) is 7. The number of carbonyl (C=O) groups excluding carboxylic acids is 1. The van der Waals surface area contributed by atoms with Crippen LogP contribution in [-0.4, -0.2) is 53.4 Å². The first kappa shape index (κ1) is 20.0. The number of ether oxygens (including phenoxy) is 2. The fraction of sp³-hybridized carbons (Fsp3) is 0.350. The second-order valence-corrected chi connectivity index (χ2v) is 7.17. The minimum Gasteiger partial charge on any atom is -0.469 e. The van der Waals surface area contributed by atoms with Gasteiger partial charge in [-0.3, -0.25) is 4.79 Å². The number of thioether (sulfide) groups is 1. The number of benzene rings is 1. The molecule has 0 atom stereocenters. The average molecular weight is 401 g/mol. The summed E-state index contributed by atoms with van der Waals surface area (Å²) in [5.41, 5.74) is 0.595. The molecule has 1 aromatic carbocycles. The van der Waals surface area contributed by atoms with Gasteiger partial charge in [-0.15, -0.1) is 11.8 Å². The summed E-state index contributed by atoms with van der Waals surface area (Å²) in [7, 11) is 1.40. The van der Waals surface area contributed by atoms with E-state index in [0.29, 0.717) is 49.0 Å². The van der Waals surface area contributed by atoms with Crippen molar-refractivity contribution in [3.05, 3.63) is 48.2 Å². The number of piperidine rings is 1. The van der Waals surface area contributed by atoms with Crippen molar-refractivity contribution in [2.45, 2.75) is 17.7 Å². The van der Waals surface area contributed by atoms with Crippen LogP contribution in [0.2, 0.25) is 0 Å². The average Bonchev–Trinajstić information content (AvgIpc) is 2.75. The number of nitrogens with zero attached hydrogens (tertiary/aromatic N) is 3. The third-order valence-corrected chi connectivity index (χ3v) is 5.49. The van der Waals surface area contributed by atoms with Gasteiger partial charge in [0.2, 0.25) is 5.88 Å². The van der Waals surface area contributed by atoms with E-state index in [1.54, 1.807) is 24.0 Å². The van der Waals surface area contributed by atoms with Crippen LogP contribution < -0.4 is 4.74 Å². The molecule has 0 unspecified atom stereocenters. The van der Waals surface area contributed by atoms with Crippen molar-refractivity contribution in [1.29, 1.82) is 0 Å². The standard InChI is InChI=1S/C20H23N3O4S/c1-26-20(24)14-9-12-23(13-10-14)18(22-25)15-6-5-11-21-19(15)27-16-7-3-4-8-17(16)28-2/h3-8,11,14,25H,9-10,12-13H2,1-2H3/b22-18-. The molecule has 1 aromatic heterocycles. The highest BCUT2D eigenvalue weighted by Crippen LogP contribution is 2.32. The van der Waals surface area contributed by atoms with Gasteiger partial charge in [0.1, 0.15) is 5.75 Å². The molecule has 0 aliphatic carbocycles. The van der Waals surface area contributed by atoms with Gasteiger partial charge in [-0.25, -0.2) is 4.98 Å². The fourth-order valence-corrected chi connectivity index (χ4v) is 3.76. The van der Waals surface area contributed by atoms with Gasteiger partial charge in [0, 0.05) is 24.2 Å². The maximum absolute atomic E-state index is 11.7. The van der Waals surface area contributed by atoms with E-state index >= 15 is 0 Å². The van der Waals surface area contributed by atoms with E-state index in [4.69, 9.17) is 9.47 Å².